The molecule has 3 aromatic rings. The topological polar surface area (TPSA) is 76.4 Å². The van der Waals surface area contributed by atoms with Crippen LogP contribution in [0.4, 0.5) is 0 Å². The van der Waals surface area contributed by atoms with E-state index in [-0.39, 0.29) is 30.0 Å². The molecule has 0 spiro atoms. The Balaban J connectivity index is 0.00000289. The second-order valence-corrected chi connectivity index (χ2v) is 7.93. The molecule has 0 aliphatic carbocycles. The molecule has 32 heavy (non-hydrogen) atoms. The highest BCUT2D eigenvalue weighted by atomic mass is 127. The molecule has 0 saturated heterocycles. The van der Waals surface area contributed by atoms with Crippen molar-refractivity contribution in [1.82, 2.24) is 25.4 Å². The number of nitrogens with zero attached hydrogens (tertiary/aromatic N) is 4. The molecule has 1 atom stereocenters. The van der Waals surface area contributed by atoms with E-state index >= 15 is 0 Å². The summed E-state index contributed by atoms with van der Waals surface area (Å²) in [5.74, 6) is 3.34. The Morgan fingerprint density at radius 2 is 1.97 bits per heavy atom. The summed E-state index contributed by atoms with van der Waals surface area (Å²) in [7, 11) is 1.95. The summed E-state index contributed by atoms with van der Waals surface area (Å²) in [6, 6.07) is 16.2. The van der Waals surface area contributed by atoms with Gasteiger partial charge in [0.25, 0.3) is 0 Å². The van der Waals surface area contributed by atoms with Crippen molar-refractivity contribution >= 4 is 41.5 Å². The smallest absolute Gasteiger partial charge is 0.192 e. The second kappa shape index (κ2) is 11.5. The Labute approximate surface area is 210 Å². The number of halogens is 2. The minimum atomic E-state index is 0. The summed E-state index contributed by atoms with van der Waals surface area (Å²) in [6.45, 7) is 3.74. The van der Waals surface area contributed by atoms with Crippen molar-refractivity contribution in [2.45, 2.75) is 32.4 Å². The maximum absolute atomic E-state index is 6.31. The second-order valence-electron chi connectivity index (χ2n) is 7.53. The van der Waals surface area contributed by atoms with Crippen LogP contribution in [0.3, 0.4) is 0 Å². The summed E-state index contributed by atoms with van der Waals surface area (Å²) in [5.41, 5.74) is 2.25. The van der Waals surface area contributed by atoms with Crippen LogP contribution in [0.5, 0.6) is 5.75 Å². The first-order chi connectivity index (χ1) is 15.1. The van der Waals surface area contributed by atoms with E-state index in [2.05, 4.69) is 26.9 Å². The number of aromatic nitrogens is 3. The lowest BCUT2D eigenvalue weighted by molar-refractivity contribution is 0.261. The highest BCUT2D eigenvalue weighted by Crippen LogP contribution is 2.31. The van der Waals surface area contributed by atoms with Gasteiger partial charge in [-0.15, -0.1) is 34.2 Å². The molecule has 9 heteroatoms. The zero-order chi connectivity index (χ0) is 21.6. The van der Waals surface area contributed by atoms with Crippen molar-refractivity contribution in [1.29, 1.82) is 0 Å². The predicted octanol–water partition coefficient (Wildman–Crippen LogP) is 4.20. The van der Waals surface area contributed by atoms with Gasteiger partial charge in [0.2, 0.25) is 0 Å². The Morgan fingerprint density at radius 1 is 1.19 bits per heavy atom. The van der Waals surface area contributed by atoms with Crippen LogP contribution in [0.15, 0.2) is 53.5 Å². The number of ether oxygens (including phenoxy) is 1. The van der Waals surface area contributed by atoms with Gasteiger partial charge in [-0.2, -0.15) is 0 Å². The third-order valence-corrected chi connectivity index (χ3v) is 5.84. The molecule has 7 nitrogen and oxygen atoms in total. The van der Waals surface area contributed by atoms with Crippen LogP contribution >= 0.6 is 35.6 Å². The van der Waals surface area contributed by atoms with E-state index in [1.807, 2.05) is 61.0 Å². The maximum atomic E-state index is 6.31. The largest absolute Gasteiger partial charge is 0.493 e. The standard InChI is InChI=1S/C23H27ClN6O.HI/c1-16-28-29-22(30(16)2)15-26-23(25-13-11-17-7-3-5-9-19(17)24)27-20-12-14-31-21-10-6-4-8-18(20)21;/h3-10,20H,11-15H2,1-2H3,(H2,25,26,27);1H. The highest BCUT2D eigenvalue weighted by Gasteiger charge is 2.22. The third-order valence-electron chi connectivity index (χ3n) is 5.48. The minimum Gasteiger partial charge on any atom is -0.493 e. The fourth-order valence-electron chi connectivity index (χ4n) is 3.56. The molecule has 1 unspecified atom stereocenters. The van der Waals surface area contributed by atoms with Crippen molar-refractivity contribution < 1.29 is 4.74 Å². The number of aryl methyl sites for hydroxylation is 1. The first-order valence-electron chi connectivity index (χ1n) is 10.5. The number of nitrogens with one attached hydrogen (secondary N) is 2. The molecule has 0 bridgehead atoms. The average Bonchev–Trinajstić information content (AvgIpc) is 3.11. The maximum Gasteiger partial charge on any atom is 0.192 e. The van der Waals surface area contributed by atoms with Crippen LogP contribution in [-0.4, -0.2) is 33.9 Å². The van der Waals surface area contributed by atoms with Gasteiger partial charge in [0.05, 0.1) is 12.6 Å². The molecule has 2 aromatic carbocycles. The predicted molar refractivity (Wildman–Crippen MR) is 138 cm³/mol. The van der Waals surface area contributed by atoms with Gasteiger partial charge in [-0.3, -0.25) is 0 Å². The Bertz CT molecular complexity index is 1070. The first kappa shape index (κ1) is 24.3. The molecular formula is C23H28ClIN6O. The van der Waals surface area contributed by atoms with Crippen molar-refractivity contribution in [2.24, 2.45) is 12.0 Å². The molecule has 0 amide bonds. The number of benzene rings is 2. The van der Waals surface area contributed by atoms with Gasteiger partial charge in [0.1, 0.15) is 18.1 Å². The van der Waals surface area contributed by atoms with Gasteiger partial charge in [-0.05, 0) is 31.0 Å². The number of guanidine groups is 1. The number of fused-ring (bicyclic) bond motifs is 1. The Hall–Kier alpha value is -2.33. The fraction of sp³-hybridized carbons (Fsp3) is 0.348. The summed E-state index contributed by atoms with van der Waals surface area (Å²) in [4.78, 5) is 4.79. The molecule has 0 fully saturated rings. The molecular weight excluding hydrogens is 539 g/mol. The van der Waals surface area contributed by atoms with E-state index in [0.29, 0.717) is 19.7 Å². The number of rotatable bonds is 6. The fourth-order valence-corrected chi connectivity index (χ4v) is 3.80. The van der Waals surface area contributed by atoms with Gasteiger partial charge < -0.3 is 19.9 Å². The normalized spacial score (nSPS) is 15.3. The van der Waals surface area contributed by atoms with Crippen LogP contribution in [-0.2, 0) is 20.0 Å². The zero-order valence-corrected chi connectivity index (χ0v) is 21.3. The summed E-state index contributed by atoms with van der Waals surface area (Å²) >= 11 is 6.31. The van der Waals surface area contributed by atoms with Crippen LogP contribution in [0.25, 0.3) is 0 Å². The van der Waals surface area contributed by atoms with Gasteiger partial charge in [0.15, 0.2) is 11.8 Å². The van der Waals surface area contributed by atoms with Gasteiger partial charge >= 0.3 is 0 Å². The third kappa shape index (κ3) is 5.92. The van der Waals surface area contributed by atoms with Crippen LogP contribution in [0, 0.1) is 6.92 Å². The molecule has 1 aliphatic rings. The van der Waals surface area contributed by atoms with Crippen LogP contribution in [0.2, 0.25) is 5.02 Å². The number of hydrogen-bond acceptors (Lipinski definition) is 4. The lowest BCUT2D eigenvalue weighted by Gasteiger charge is -2.28. The van der Waals surface area contributed by atoms with E-state index in [0.717, 1.165) is 52.3 Å². The SMILES string of the molecule is Cc1nnc(CN=C(NCCc2ccccc2Cl)NC2CCOc3ccccc32)n1C.I. The van der Waals surface area contributed by atoms with E-state index < -0.39 is 0 Å². The summed E-state index contributed by atoms with van der Waals surface area (Å²) in [6.07, 6.45) is 1.67. The molecule has 1 aromatic heterocycles. The molecule has 170 valence electrons. The lowest BCUT2D eigenvalue weighted by atomic mass is 10.0. The molecule has 4 rings (SSSR count). The van der Waals surface area contributed by atoms with E-state index in [1.54, 1.807) is 0 Å². The van der Waals surface area contributed by atoms with Crippen LogP contribution in [0.1, 0.15) is 35.2 Å². The minimum absolute atomic E-state index is 0. The highest BCUT2D eigenvalue weighted by molar-refractivity contribution is 14.0. The van der Waals surface area contributed by atoms with Crippen molar-refractivity contribution in [3.05, 3.63) is 76.3 Å². The summed E-state index contributed by atoms with van der Waals surface area (Å²) in [5, 5.41) is 16.2. The number of para-hydroxylation sites is 1. The van der Waals surface area contributed by atoms with Gasteiger partial charge in [-0.25, -0.2) is 4.99 Å². The molecule has 0 radical (unpaired) electrons. The van der Waals surface area contributed by atoms with Gasteiger partial charge in [0, 0.05) is 30.6 Å². The zero-order valence-electron chi connectivity index (χ0n) is 18.2. The van der Waals surface area contributed by atoms with Crippen LogP contribution < -0.4 is 15.4 Å². The molecule has 2 N–H and O–H groups in total. The number of hydrogen-bond donors (Lipinski definition) is 2. The average molecular weight is 567 g/mol. The molecule has 2 heterocycles. The van der Waals surface area contributed by atoms with E-state index in [9.17, 15) is 0 Å². The lowest BCUT2D eigenvalue weighted by Crippen LogP contribution is -2.42. The van der Waals surface area contributed by atoms with E-state index in [1.165, 1.54) is 0 Å². The van der Waals surface area contributed by atoms with Crippen molar-refractivity contribution in [3.63, 3.8) is 0 Å². The van der Waals surface area contributed by atoms with Crippen molar-refractivity contribution in [3.8, 4) is 5.75 Å². The van der Waals surface area contributed by atoms with Crippen molar-refractivity contribution in [2.75, 3.05) is 13.2 Å². The quantitative estimate of drug-likeness (QED) is 0.266. The Kier molecular flexibility index (Phi) is 8.75. The molecule has 1 aliphatic heterocycles. The van der Waals surface area contributed by atoms with E-state index in [4.69, 9.17) is 21.3 Å². The van der Waals surface area contributed by atoms with Gasteiger partial charge in [-0.1, -0.05) is 48.0 Å². The monoisotopic (exact) mass is 566 g/mol. The first-order valence-corrected chi connectivity index (χ1v) is 10.8. The number of aliphatic imine (C=N–C) groups is 1. The Morgan fingerprint density at radius 3 is 2.75 bits per heavy atom. The molecule has 0 saturated carbocycles. The summed E-state index contributed by atoms with van der Waals surface area (Å²) < 4.78 is 7.75.